The monoisotopic (exact) mass is 404 g/mol. The Hall–Kier alpha value is -2.19. The first-order chi connectivity index (χ1) is 13.4. The first kappa shape index (κ1) is 20.5. The third-order valence-electron chi connectivity index (χ3n) is 4.87. The van der Waals surface area contributed by atoms with Gasteiger partial charge in [0.15, 0.2) is 0 Å². The highest BCUT2D eigenvalue weighted by molar-refractivity contribution is 7.17. The van der Waals surface area contributed by atoms with Crippen LogP contribution in [0.4, 0.5) is 5.00 Å². The molecule has 0 bridgehead atoms. The van der Waals surface area contributed by atoms with Gasteiger partial charge < -0.3 is 10.1 Å². The highest BCUT2D eigenvalue weighted by atomic mass is 32.1. The molecule has 3 rings (SSSR count). The zero-order valence-electron chi connectivity index (χ0n) is 16.9. The lowest BCUT2D eigenvalue weighted by Crippen LogP contribution is -2.30. The summed E-state index contributed by atoms with van der Waals surface area (Å²) >= 11 is 1.52. The summed E-state index contributed by atoms with van der Waals surface area (Å²) in [4.78, 5) is 28.3. The molecule has 1 unspecified atom stereocenters. The summed E-state index contributed by atoms with van der Waals surface area (Å²) in [6.45, 7) is 5.20. The Morgan fingerprint density at radius 2 is 2.25 bits per heavy atom. The van der Waals surface area contributed by atoms with Crippen LogP contribution in [-0.2, 0) is 36.0 Å². The Morgan fingerprint density at radius 3 is 2.93 bits per heavy atom. The van der Waals surface area contributed by atoms with Crippen LogP contribution in [0.25, 0.3) is 0 Å². The number of anilines is 1. The van der Waals surface area contributed by atoms with Crippen molar-refractivity contribution in [1.82, 2.24) is 14.7 Å². The molecule has 0 aliphatic heterocycles. The van der Waals surface area contributed by atoms with Crippen LogP contribution in [0.5, 0.6) is 0 Å². The quantitative estimate of drug-likeness (QED) is 0.718. The third kappa shape index (κ3) is 4.80. The number of likely N-dealkylation sites (N-methyl/N-ethyl adjacent to an activating group) is 1. The number of esters is 1. The molecule has 1 N–H and O–H groups in total. The largest absolute Gasteiger partial charge is 0.462 e. The fourth-order valence-corrected chi connectivity index (χ4v) is 5.01. The highest BCUT2D eigenvalue weighted by Crippen LogP contribution is 2.40. The maximum absolute atomic E-state index is 12.6. The molecule has 2 aromatic rings. The van der Waals surface area contributed by atoms with Gasteiger partial charge in [-0.2, -0.15) is 5.10 Å². The van der Waals surface area contributed by atoms with E-state index < -0.39 is 0 Å². The van der Waals surface area contributed by atoms with Gasteiger partial charge in [-0.1, -0.05) is 6.92 Å². The summed E-state index contributed by atoms with van der Waals surface area (Å²) in [6.07, 6.45) is 6.59. The zero-order chi connectivity index (χ0) is 20.3. The van der Waals surface area contributed by atoms with E-state index in [0.29, 0.717) is 29.6 Å². The predicted octanol–water partition coefficient (Wildman–Crippen LogP) is 2.85. The Bertz CT molecular complexity index is 858. The van der Waals surface area contributed by atoms with Gasteiger partial charge in [0, 0.05) is 30.2 Å². The van der Waals surface area contributed by atoms with E-state index in [0.717, 1.165) is 30.4 Å². The summed E-state index contributed by atoms with van der Waals surface area (Å²) in [5, 5.41) is 7.73. The minimum absolute atomic E-state index is 0.136. The maximum atomic E-state index is 12.6. The number of fused-ring (bicyclic) bond motifs is 1. The second-order valence-electron chi connectivity index (χ2n) is 7.52. The SMILES string of the molecule is CCOC(=O)c1c(NC(=O)CN(C)Cc2cnn(C)c2)sc2c1CCC(C)C2. The molecule has 1 atom stereocenters. The Kier molecular flexibility index (Phi) is 6.51. The van der Waals surface area contributed by atoms with E-state index in [1.807, 2.05) is 25.2 Å². The number of hydrogen-bond acceptors (Lipinski definition) is 6. The fourth-order valence-electron chi connectivity index (χ4n) is 3.59. The number of carbonyl (C=O) groups is 2. The molecule has 0 saturated heterocycles. The molecule has 8 heteroatoms. The molecule has 152 valence electrons. The van der Waals surface area contributed by atoms with Gasteiger partial charge in [-0.3, -0.25) is 14.4 Å². The number of aryl methyl sites for hydroxylation is 1. The molecule has 1 aliphatic rings. The average Bonchev–Trinajstić information content (AvgIpc) is 3.17. The number of rotatable bonds is 7. The predicted molar refractivity (Wildman–Crippen MR) is 110 cm³/mol. The molecule has 1 aliphatic carbocycles. The van der Waals surface area contributed by atoms with Crippen LogP contribution in [0.15, 0.2) is 12.4 Å². The number of nitrogens with one attached hydrogen (secondary N) is 1. The van der Waals surface area contributed by atoms with Gasteiger partial charge >= 0.3 is 5.97 Å². The van der Waals surface area contributed by atoms with Gasteiger partial charge in [0.05, 0.1) is 24.9 Å². The van der Waals surface area contributed by atoms with Crippen molar-refractivity contribution in [3.8, 4) is 0 Å². The van der Waals surface area contributed by atoms with Crippen LogP contribution in [0.3, 0.4) is 0 Å². The normalized spacial score (nSPS) is 16.1. The van der Waals surface area contributed by atoms with E-state index in [9.17, 15) is 9.59 Å². The van der Waals surface area contributed by atoms with E-state index >= 15 is 0 Å². The first-order valence-corrected chi connectivity index (χ1v) is 10.5. The lowest BCUT2D eigenvalue weighted by Gasteiger charge is -2.18. The van der Waals surface area contributed by atoms with Crippen LogP contribution < -0.4 is 5.32 Å². The number of hydrogen-bond donors (Lipinski definition) is 1. The Morgan fingerprint density at radius 1 is 1.46 bits per heavy atom. The molecule has 0 fully saturated rings. The van der Waals surface area contributed by atoms with Crippen LogP contribution in [-0.4, -0.2) is 46.8 Å². The number of nitrogens with zero attached hydrogens (tertiary/aromatic N) is 3. The fraction of sp³-hybridized carbons (Fsp3) is 0.550. The van der Waals surface area contributed by atoms with E-state index in [-0.39, 0.29) is 18.4 Å². The highest BCUT2D eigenvalue weighted by Gasteiger charge is 2.29. The summed E-state index contributed by atoms with van der Waals surface area (Å²) in [5.74, 6) is 0.118. The number of aromatic nitrogens is 2. The molecule has 0 aromatic carbocycles. The topological polar surface area (TPSA) is 76.5 Å². The molecule has 0 saturated carbocycles. The van der Waals surface area contributed by atoms with Crippen molar-refractivity contribution in [2.75, 3.05) is 25.5 Å². The molecule has 1 amide bonds. The molecule has 2 aromatic heterocycles. The van der Waals surface area contributed by atoms with Crippen molar-refractivity contribution in [2.24, 2.45) is 13.0 Å². The summed E-state index contributed by atoms with van der Waals surface area (Å²) in [6, 6.07) is 0. The van der Waals surface area contributed by atoms with Crippen molar-refractivity contribution >= 4 is 28.2 Å². The third-order valence-corrected chi connectivity index (χ3v) is 6.04. The van der Waals surface area contributed by atoms with Crippen molar-refractivity contribution in [1.29, 1.82) is 0 Å². The smallest absolute Gasteiger partial charge is 0.341 e. The van der Waals surface area contributed by atoms with Gasteiger partial charge in [0.25, 0.3) is 0 Å². The lowest BCUT2D eigenvalue weighted by molar-refractivity contribution is -0.117. The zero-order valence-corrected chi connectivity index (χ0v) is 17.8. The van der Waals surface area contributed by atoms with Crippen molar-refractivity contribution in [2.45, 2.75) is 39.7 Å². The summed E-state index contributed by atoms with van der Waals surface area (Å²) in [5.41, 5.74) is 2.66. The molecule has 0 radical (unpaired) electrons. The van der Waals surface area contributed by atoms with E-state index in [4.69, 9.17) is 4.74 Å². The molecule has 2 heterocycles. The van der Waals surface area contributed by atoms with Gasteiger partial charge in [-0.25, -0.2) is 4.79 Å². The number of carbonyl (C=O) groups excluding carboxylic acids is 2. The summed E-state index contributed by atoms with van der Waals surface area (Å²) < 4.78 is 7.00. The van der Waals surface area contributed by atoms with Gasteiger partial charge in [-0.15, -0.1) is 11.3 Å². The molecule has 7 nitrogen and oxygen atoms in total. The number of thiophene rings is 1. The van der Waals surface area contributed by atoms with Gasteiger partial charge in [-0.05, 0) is 44.7 Å². The van der Waals surface area contributed by atoms with Crippen molar-refractivity contribution in [3.63, 3.8) is 0 Å². The minimum Gasteiger partial charge on any atom is -0.462 e. The minimum atomic E-state index is -0.339. The van der Waals surface area contributed by atoms with Crippen molar-refractivity contribution < 1.29 is 14.3 Å². The number of ether oxygens (including phenoxy) is 1. The van der Waals surface area contributed by atoms with Gasteiger partial charge in [0.2, 0.25) is 5.91 Å². The lowest BCUT2D eigenvalue weighted by atomic mass is 9.88. The standard InChI is InChI=1S/C20H28N4O3S/c1-5-27-20(26)18-15-7-6-13(2)8-16(15)28-19(18)22-17(25)12-23(3)10-14-9-21-24(4)11-14/h9,11,13H,5-8,10,12H2,1-4H3,(H,22,25). The summed E-state index contributed by atoms with van der Waals surface area (Å²) in [7, 11) is 3.76. The maximum Gasteiger partial charge on any atom is 0.341 e. The van der Waals surface area contributed by atoms with Crippen LogP contribution in [0.2, 0.25) is 0 Å². The Balaban J connectivity index is 1.71. The van der Waals surface area contributed by atoms with E-state index in [1.165, 1.54) is 16.2 Å². The molecular weight excluding hydrogens is 376 g/mol. The first-order valence-electron chi connectivity index (χ1n) is 9.65. The number of amides is 1. The van der Waals surface area contributed by atoms with Crippen LogP contribution >= 0.6 is 11.3 Å². The average molecular weight is 405 g/mol. The molecular formula is C20H28N4O3S. The molecule has 28 heavy (non-hydrogen) atoms. The Labute approximate surface area is 169 Å². The molecule has 0 spiro atoms. The van der Waals surface area contributed by atoms with Crippen LogP contribution in [0.1, 0.15) is 46.6 Å². The second-order valence-corrected chi connectivity index (χ2v) is 8.62. The van der Waals surface area contributed by atoms with Crippen LogP contribution in [0, 0.1) is 5.92 Å². The van der Waals surface area contributed by atoms with E-state index in [2.05, 4.69) is 17.3 Å². The second kappa shape index (κ2) is 8.87. The van der Waals surface area contributed by atoms with Gasteiger partial charge in [0.1, 0.15) is 5.00 Å². The van der Waals surface area contributed by atoms with Crippen molar-refractivity contribution in [3.05, 3.63) is 34.0 Å². The van der Waals surface area contributed by atoms with E-state index in [1.54, 1.807) is 17.8 Å².